The van der Waals surface area contributed by atoms with Gasteiger partial charge < -0.3 is 5.73 Å². The smallest absolute Gasteiger partial charge is 0.0514 e. The third kappa shape index (κ3) is 1.98. The van der Waals surface area contributed by atoms with Crippen molar-refractivity contribution in [2.24, 2.45) is 17.6 Å². The number of nitrogens with two attached hydrogens (primary N) is 1. The zero-order chi connectivity index (χ0) is 10.1. The minimum atomic E-state index is 0.228. The van der Waals surface area contributed by atoms with E-state index in [0.29, 0.717) is 5.92 Å². The number of rotatable bonds is 2. The second-order valence-corrected chi connectivity index (χ2v) is 5.41. The summed E-state index contributed by atoms with van der Waals surface area (Å²) < 4.78 is 4.29. The molecule has 0 aliphatic heterocycles. The molecule has 3 atom stereocenters. The number of aryl methyl sites for hydroxylation is 1. The summed E-state index contributed by atoms with van der Waals surface area (Å²) in [5, 5.41) is 0. The molecular weight excluding hydrogens is 192 g/mol. The Morgan fingerprint density at radius 2 is 2.36 bits per heavy atom. The summed E-state index contributed by atoms with van der Waals surface area (Å²) >= 11 is 1.57. The third-order valence-corrected chi connectivity index (χ3v) is 4.20. The molecule has 1 fully saturated rings. The van der Waals surface area contributed by atoms with Crippen LogP contribution in [0.3, 0.4) is 0 Å². The van der Waals surface area contributed by atoms with Gasteiger partial charge in [0.05, 0.1) is 5.69 Å². The SMILES string of the molecule is Cc1cc(C(N)C2CCC(C)C2)sn1. The van der Waals surface area contributed by atoms with E-state index in [1.54, 1.807) is 11.5 Å². The van der Waals surface area contributed by atoms with E-state index in [4.69, 9.17) is 5.73 Å². The Morgan fingerprint density at radius 1 is 1.57 bits per heavy atom. The van der Waals surface area contributed by atoms with Crippen LogP contribution in [0.15, 0.2) is 6.07 Å². The standard InChI is InChI=1S/C11H18N2S/c1-7-3-4-9(5-7)11(12)10-6-8(2)13-14-10/h6-7,9,11H,3-5,12H2,1-2H3. The molecule has 1 saturated carbocycles. The summed E-state index contributed by atoms with van der Waals surface area (Å²) in [5.74, 6) is 1.55. The highest BCUT2D eigenvalue weighted by molar-refractivity contribution is 7.05. The highest BCUT2D eigenvalue weighted by atomic mass is 32.1. The van der Waals surface area contributed by atoms with Crippen LogP contribution in [0.2, 0.25) is 0 Å². The molecule has 1 heterocycles. The van der Waals surface area contributed by atoms with Crippen molar-refractivity contribution >= 4 is 11.5 Å². The van der Waals surface area contributed by atoms with Gasteiger partial charge in [0.2, 0.25) is 0 Å². The first-order valence-electron chi connectivity index (χ1n) is 5.35. The Kier molecular flexibility index (Phi) is 2.88. The van der Waals surface area contributed by atoms with Crippen LogP contribution in [0.4, 0.5) is 0 Å². The molecule has 2 nitrogen and oxygen atoms in total. The molecule has 14 heavy (non-hydrogen) atoms. The van der Waals surface area contributed by atoms with Crippen molar-refractivity contribution in [2.75, 3.05) is 0 Å². The van der Waals surface area contributed by atoms with E-state index in [1.807, 2.05) is 6.92 Å². The second-order valence-electron chi connectivity index (χ2n) is 4.57. The van der Waals surface area contributed by atoms with Gasteiger partial charge in [0.25, 0.3) is 0 Å². The monoisotopic (exact) mass is 210 g/mol. The molecule has 0 bridgehead atoms. The van der Waals surface area contributed by atoms with Gasteiger partial charge in [-0.05, 0) is 49.2 Å². The molecule has 1 aromatic heterocycles. The van der Waals surface area contributed by atoms with E-state index in [1.165, 1.54) is 24.1 Å². The zero-order valence-electron chi connectivity index (χ0n) is 8.86. The van der Waals surface area contributed by atoms with Crippen molar-refractivity contribution < 1.29 is 0 Å². The highest BCUT2D eigenvalue weighted by Gasteiger charge is 2.28. The molecule has 1 aliphatic carbocycles. The molecule has 0 radical (unpaired) electrons. The Bertz CT molecular complexity index is 308. The van der Waals surface area contributed by atoms with Crippen LogP contribution in [-0.4, -0.2) is 4.37 Å². The van der Waals surface area contributed by atoms with Gasteiger partial charge in [-0.25, -0.2) is 0 Å². The minimum absolute atomic E-state index is 0.228. The van der Waals surface area contributed by atoms with Gasteiger partial charge >= 0.3 is 0 Å². The van der Waals surface area contributed by atoms with Crippen LogP contribution in [0.1, 0.15) is 42.8 Å². The summed E-state index contributed by atoms with van der Waals surface area (Å²) in [6.07, 6.45) is 3.92. The molecule has 0 spiro atoms. The Morgan fingerprint density at radius 3 is 2.86 bits per heavy atom. The minimum Gasteiger partial charge on any atom is -0.323 e. The summed E-state index contributed by atoms with van der Waals surface area (Å²) in [6, 6.07) is 2.37. The van der Waals surface area contributed by atoms with E-state index in [9.17, 15) is 0 Å². The average molecular weight is 210 g/mol. The van der Waals surface area contributed by atoms with Crippen molar-refractivity contribution in [3.8, 4) is 0 Å². The fraction of sp³-hybridized carbons (Fsp3) is 0.727. The van der Waals surface area contributed by atoms with Gasteiger partial charge in [-0.3, -0.25) is 0 Å². The maximum Gasteiger partial charge on any atom is 0.0514 e. The topological polar surface area (TPSA) is 38.9 Å². The summed E-state index contributed by atoms with van der Waals surface area (Å²) in [6.45, 7) is 4.36. The highest BCUT2D eigenvalue weighted by Crippen LogP contribution is 2.38. The van der Waals surface area contributed by atoms with E-state index >= 15 is 0 Å². The Hall–Kier alpha value is -0.410. The maximum absolute atomic E-state index is 6.25. The van der Waals surface area contributed by atoms with Crippen molar-refractivity contribution in [2.45, 2.75) is 39.2 Å². The van der Waals surface area contributed by atoms with Gasteiger partial charge in [0.1, 0.15) is 0 Å². The Balaban J connectivity index is 2.05. The Labute approximate surface area is 89.7 Å². The van der Waals surface area contributed by atoms with E-state index in [-0.39, 0.29) is 6.04 Å². The van der Waals surface area contributed by atoms with Crippen molar-refractivity contribution in [1.82, 2.24) is 4.37 Å². The molecule has 2 rings (SSSR count). The lowest BCUT2D eigenvalue weighted by Gasteiger charge is -2.16. The molecule has 2 N–H and O–H groups in total. The van der Waals surface area contributed by atoms with Gasteiger partial charge in [-0.2, -0.15) is 4.37 Å². The van der Waals surface area contributed by atoms with Crippen LogP contribution in [0.5, 0.6) is 0 Å². The molecule has 0 saturated heterocycles. The third-order valence-electron chi connectivity index (χ3n) is 3.22. The maximum atomic E-state index is 6.25. The first-order chi connectivity index (χ1) is 6.66. The quantitative estimate of drug-likeness (QED) is 0.815. The predicted octanol–water partition coefficient (Wildman–Crippen LogP) is 2.89. The first-order valence-corrected chi connectivity index (χ1v) is 6.13. The van der Waals surface area contributed by atoms with Gasteiger partial charge in [0.15, 0.2) is 0 Å². The number of aromatic nitrogens is 1. The van der Waals surface area contributed by atoms with Crippen LogP contribution in [-0.2, 0) is 0 Å². The lowest BCUT2D eigenvalue weighted by atomic mass is 9.96. The lowest BCUT2D eigenvalue weighted by molar-refractivity contribution is 0.433. The number of hydrogen-bond donors (Lipinski definition) is 1. The van der Waals surface area contributed by atoms with Crippen LogP contribution in [0, 0.1) is 18.8 Å². The van der Waals surface area contributed by atoms with Crippen LogP contribution < -0.4 is 5.73 Å². The normalized spacial score (nSPS) is 29.4. The summed E-state index contributed by atoms with van der Waals surface area (Å²) in [4.78, 5) is 1.27. The molecule has 1 aliphatic rings. The molecule has 1 aromatic rings. The van der Waals surface area contributed by atoms with Gasteiger partial charge in [0, 0.05) is 10.9 Å². The molecule has 3 heteroatoms. The van der Waals surface area contributed by atoms with E-state index in [2.05, 4.69) is 17.4 Å². The molecule has 3 unspecified atom stereocenters. The zero-order valence-corrected chi connectivity index (χ0v) is 9.68. The fourth-order valence-corrected chi connectivity index (χ4v) is 3.19. The largest absolute Gasteiger partial charge is 0.323 e. The summed E-state index contributed by atoms with van der Waals surface area (Å²) in [7, 11) is 0. The van der Waals surface area contributed by atoms with Crippen LogP contribution >= 0.6 is 11.5 Å². The average Bonchev–Trinajstić information content (AvgIpc) is 2.73. The number of hydrogen-bond acceptors (Lipinski definition) is 3. The second kappa shape index (κ2) is 3.99. The van der Waals surface area contributed by atoms with Gasteiger partial charge in [-0.1, -0.05) is 13.3 Å². The van der Waals surface area contributed by atoms with Crippen molar-refractivity contribution in [3.05, 3.63) is 16.6 Å². The van der Waals surface area contributed by atoms with E-state index < -0.39 is 0 Å². The summed E-state index contributed by atoms with van der Waals surface area (Å²) in [5.41, 5.74) is 7.35. The van der Waals surface area contributed by atoms with Crippen LogP contribution in [0.25, 0.3) is 0 Å². The van der Waals surface area contributed by atoms with Crippen molar-refractivity contribution in [1.29, 1.82) is 0 Å². The molecule has 0 aromatic carbocycles. The molecule has 0 amide bonds. The molecule has 78 valence electrons. The van der Waals surface area contributed by atoms with Crippen molar-refractivity contribution in [3.63, 3.8) is 0 Å². The molecular formula is C11H18N2S. The number of nitrogens with zero attached hydrogens (tertiary/aromatic N) is 1. The fourth-order valence-electron chi connectivity index (χ4n) is 2.35. The van der Waals surface area contributed by atoms with Gasteiger partial charge in [-0.15, -0.1) is 0 Å². The first kappa shape index (κ1) is 10.1. The van der Waals surface area contributed by atoms with E-state index in [0.717, 1.165) is 11.6 Å². The predicted molar refractivity (Wildman–Crippen MR) is 60.3 cm³/mol. The lowest BCUT2D eigenvalue weighted by Crippen LogP contribution is -2.18.